The minimum Gasteiger partial charge on any atom is -0.167 e. The lowest BCUT2D eigenvalue weighted by molar-refractivity contribution is 1.28. The molecule has 2 heteroatoms. The molecule has 42 valence electrons. The first-order valence-electron chi connectivity index (χ1n) is 2.35. The van der Waals surface area contributed by atoms with E-state index in [1.807, 2.05) is 13.8 Å². The van der Waals surface area contributed by atoms with E-state index >= 15 is 0 Å². The Morgan fingerprint density at radius 1 is 1.43 bits per heavy atom. The van der Waals surface area contributed by atoms with Crippen LogP contribution in [0.5, 0.6) is 0 Å². The molecule has 7 heavy (non-hydrogen) atoms. The third-order valence-corrected chi connectivity index (χ3v) is 0.197. The molecular formula is C5H12N2. The highest BCUT2D eigenvalue weighted by atomic mass is 15.2. The van der Waals surface area contributed by atoms with Gasteiger partial charge in [-0.05, 0) is 6.92 Å². The third-order valence-electron chi connectivity index (χ3n) is 0.197. The maximum absolute atomic E-state index is 3.36. The van der Waals surface area contributed by atoms with Crippen LogP contribution in [0.2, 0.25) is 0 Å². The molecule has 0 radical (unpaired) electrons. The van der Waals surface area contributed by atoms with Crippen molar-refractivity contribution in [1.29, 1.82) is 0 Å². The summed E-state index contributed by atoms with van der Waals surface area (Å²) in [6, 6.07) is 0. The van der Waals surface area contributed by atoms with Crippen molar-refractivity contribution in [2.75, 3.05) is 0 Å². The molecule has 0 aromatic carbocycles. The molecule has 0 aromatic rings. The van der Waals surface area contributed by atoms with Crippen molar-refractivity contribution in [3.63, 3.8) is 0 Å². The Morgan fingerprint density at radius 3 is 1.86 bits per heavy atom. The molecule has 0 atom stereocenters. The molecule has 0 aliphatic carbocycles. The number of nitrogens with zero attached hydrogens (tertiary/aromatic N) is 2. The maximum atomic E-state index is 3.36. The van der Waals surface area contributed by atoms with Gasteiger partial charge in [0.05, 0.1) is 0 Å². The Balaban J connectivity index is 0. The summed E-state index contributed by atoms with van der Waals surface area (Å²) in [4.78, 5) is 0. The summed E-state index contributed by atoms with van der Waals surface area (Å²) >= 11 is 0. The average Bonchev–Trinajstić information content (AvgIpc) is 1.75. The highest BCUT2D eigenvalue weighted by Gasteiger charge is 1.40. The van der Waals surface area contributed by atoms with Crippen molar-refractivity contribution in [3.05, 3.63) is 0 Å². The SMILES string of the molecule is C=N/N=C\C.CC. The van der Waals surface area contributed by atoms with Crippen LogP contribution < -0.4 is 0 Å². The van der Waals surface area contributed by atoms with Gasteiger partial charge in [0.2, 0.25) is 0 Å². The van der Waals surface area contributed by atoms with E-state index in [1.165, 1.54) is 0 Å². The molecule has 0 heterocycles. The predicted molar refractivity (Wildman–Crippen MR) is 35.1 cm³/mol. The lowest BCUT2D eigenvalue weighted by atomic mass is 10.9. The van der Waals surface area contributed by atoms with Gasteiger partial charge in [-0.3, -0.25) is 0 Å². The fourth-order valence-electron chi connectivity index (χ4n) is 0.0816. The van der Waals surface area contributed by atoms with Gasteiger partial charge in [0.1, 0.15) is 0 Å². The first-order chi connectivity index (χ1) is 3.41. The van der Waals surface area contributed by atoms with E-state index in [2.05, 4.69) is 16.9 Å². The van der Waals surface area contributed by atoms with Crippen LogP contribution in [0.1, 0.15) is 20.8 Å². The predicted octanol–water partition coefficient (Wildman–Crippen LogP) is 1.72. The summed E-state index contributed by atoms with van der Waals surface area (Å²) in [5.74, 6) is 0. The second-order valence-electron chi connectivity index (χ2n) is 0.515. The Labute approximate surface area is 45.0 Å². The third kappa shape index (κ3) is 33.2. The molecule has 0 bridgehead atoms. The Bertz CT molecular complexity index is 48.0. The van der Waals surface area contributed by atoms with Crippen molar-refractivity contribution >= 4 is 12.9 Å². The van der Waals surface area contributed by atoms with Gasteiger partial charge in [0, 0.05) is 12.9 Å². The van der Waals surface area contributed by atoms with E-state index in [0.29, 0.717) is 0 Å². The zero-order chi connectivity index (χ0) is 6.12. The zero-order valence-corrected chi connectivity index (χ0v) is 5.18. The minimum absolute atomic E-state index is 1.58. The van der Waals surface area contributed by atoms with Gasteiger partial charge < -0.3 is 0 Å². The van der Waals surface area contributed by atoms with E-state index in [9.17, 15) is 0 Å². The standard InChI is InChI=1S/C3H6N2.C2H6/c1-3-5-4-2;1-2/h3H,2H2,1H3;1-2H3/b5-3-;. The van der Waals surface area contributed by atoms with Crippen LogP contribution in [0.25, 0.3) is 0 Å². The van der Waals surface area contributed by atoms with Gasteiger partial charge in [-0.25, -0.2) is 0 Å². The molecule has 0 aromatic heterocycles. The smallest absolute Gasteiger partial charge is 0.0239 e. The fraction of sp³-hybridized carbons (Fsp3) is 0.600. The number of hydrogen-bond acceptors (Lipinski definition) is 2. The monoisotopic (exact) mass is 100 g/mol. The van der Waals surface area contributed by atoms with Crippen LogP contribution >= 0.6 is 0 Å². The molecule has 0 rings (SSSR count). The summed E-state index contributed by atoms with van der Waals surface area (Å²) < 4.78 is 0. The summed E-state index contributed by atoms with van der Waals surface area (Å²) in [5.41, 5.74) is 0. The van der Waals surface area contributed by atoms with Gasteiger partial charge in [-0.1, -0.05) is 13.8 Å². The summed E-state index contributed by atoms with van der Waals surface area (Å²) in [6.07, 6.45) is 1.58. The van der Waals surface area contributed by atoms with Crippen LogP contribution in [-0.2, 0) is 0 Å². The molecule has 0 saturated carbocycles. The van der Waals surface area contributed by atoms with Crippen molar-refractivity contribution in [1.82, 2.24) is 0 Å². The zero-order valence-electron chi connectivity index (χ0n) is 5.18. The summed E-state index contributed by atoms with van der Waals surface area (Å²) in [7, 11) is 0. The fourth-order valence-corrected chi connectivity index (χ4v) is 0.0816. The van der Waals surface area contributed by atoms with Gasteiger partial charge in [0.25, 0.3) is 0 Å². The van der Waals surface area contributed by atoms with Crippen molar-refractivity contribution < 1.29 is 0 Å². The molecule has 0 amide bonds. The van der Waals surface area contributed by atoms with Crippen LogP contribution in [0.15, 0.2) is 10.2 Å². The quantitative estimate of drug-likeness (QED) is 0.354. The minimum atomic E-state index is 1.58. The summed E-state index contributed by atoms with van der Waals surface area (Å²) in [5, 5.41) is 6.53. The van der Waals surface area contributed by atoms with Crippen molar-refractivity contribution in [3.8, 4) is 0 Å². The maximum Gasteiger partial charge on any atom is 0.0239 e. The first-order valence-corrected chi connectivity index (χ1v) is 2.35. The average molecular weight is 100 g/mol. The molecule has 0 aliphatic rings. The normalized spacial score (nSPS) is 7.29. The number of rotatable bonds is 1. The largest absolute Gasteiger partial charge is 0.167 e. The molecule has 0 N–H and O–H groups in total. The van der Waals surface area contributed by atoms with Gasteiger partial charge in [-0.15, -0.1) is 0 Å². The lowest BCUT2D eigenvalue weighted by Gasteiger charge is -1.58. The van der Waals surface area contributed by atoms with E-state index < -0.39 is 0 Å². The van der Waals surface area contributed by atoms with Crippen LogP contribution in [0.3, 0.4) is 0 Å². The molecule has 0 saturated heterocycles. The number of hydrogen-bond donors (Lipinski definition) is 0. The highest BCUT2D eigenvalue weighted by Crippen LogP contribution is 1.55. The Morgan fingerprint density at radius 2 is 1.86 bits per heavy atom. The van der Waals surface area contributed by atoms with Gasteiger partial charge in [-0.2, -0.15) is 10.2 Å². The molecule has 0 spiro atoms. The van der Waals surface area contributed by atoms with Crippen LogP contribution in [0.4, 0.5) is 0 Å². The molecule has 0 aliphatic heterocycles. The first kappa shape index (κ1) is 9.60. The molecular weight excluding hydrogens is 88.1 g/mol. The topological polar surface area (TPSA) is 24.7 Å². The lowest BCUT2D eigenvalue weighted by Crippen LogP contribution is -1.48. The van der Waals surface area contributed by atoms with E-state index in [4.69, 9.17) is 0 Å². The molecule has 0 fully saturated rings. The Kier molecular flexibility index (Phi) is 25.2. The Hall–Kier alpha value is -0.660. The van der Waals surface area contributed by atoms with Crippen LogP contribution in [0, 0.1) is 0 Å². The van der Waals surface area contributed by atoms with E-state index in [-0.39, 0.29) is 0 Å². The van der Waals surface area contributed by atoms with Crippen molar-refractivity contribution in [2.45, 2.75) is 20.8 Å². The second-order valence-corrected chi connectivity index (χ2v) is 0.515. The highest BCUT2D eigenvalue weighted by molar-refractivity contribution is 5.53. The van der Waals surface area contributed by atoms with E-state index in [0.717, 1.165) is 0 Å². The molecule has 2 nitrogen and oxygen atoms in total. The molecule has 0 unspecified atom stereocenters. The van der Waals surface area contributed by atoms with Crippen molar-refractivity contribution in [2.24, 2.45) is 10.2 Å². The van der Waals surface area contributed by atoms with Gasteiger partial charge in [0.15, 0.2) is 0 Å². The van der Waals surface area contributed by atoms with Gasteiger partial charge >= 0.3 is 0 Å². The van der Waals surface area contributed by atoms with Crippen LogP contribution in [-0.4, -0.2) is 12.9 Å². The second kappa shape index (κ2) is 18.4. The van der Waals surface area contributed by atoms with E-state index in [1.54, 1.807) is 13.1 Å². The summed E-state index contributed by atoms with van der Waals surface area (Å²) in [6.45, 7) is 8.89.